The molecule has 0 amide bonds. The van der Waals surface area contributed by atoms with Gasteiger partial charge in [0.25, 0.3) is 0 Å². The van der Waals surface area contributed by atoms with Gasteiger partial charge < -0.3 is 9.64 Å². The summed E-state index contributed by atoms with van der Waals surface area (Å²) in [5.74, 6) is 0.909. The van der Waals surface area contributed by atoms with E-state index in [0.29, 0.717) is 6.61 Å². The first-order valence-electron chi connectivity index (χ1n) is 10.1. The third-order valence-corrected chi connectivity index (χ3v) is 5.75. The van der Waals surface area contributed by atoms with Crippen molar-refractivity contribution in [2.45, 2.75) is 27.7 Å². The van der Waals surface area contributed by atoms with Gasteiger partial charge in [-0.25, -0.2) is 0 Å². The maximum absolute atomic E-state index is 13.1. The topological polar surface area (TPSA) is 29.5 Å². The lowest BCUT2D eigenvalue weighted by Crippen LogP contribution is -2.27. The van der Waals surface area contributed by atoms with E-state index in [1.807, 2.05) is 19.1 Å². The molecule has 0 saturated carbocycles. The van der Waals surface area contributed by atoms with Crippen molar-refractivity contribution in [3.05, 3.63) is 64.7 Å². The van der Waals surface area contributed by atoms with E-state index >= 15 is 0 Å². The van der Waals surface area contributed by atoms with Gasteiger partial charge in [-0.1, -0.05) is 49.2 Å². The monoisotopic (exact) mass is 373 g/mol. The zero-order valence-corrected chi connectivity index (χ0v) is 17.1. The molecule has 0 aromatic heterocycles. The zero-order chi connectivity index (χ0) is 19.8. The molecule has 0 atom stereocenters. The highest BCUT2D eigenvalue weighted by Gasteiger charge is 2.30. The molecule has 3 heteroatoms. The molecule has 0 fully saturated rings. The molecule has 1 aliphatic rings. The summed E-state index contributed by atoms with van der Waals surface area (Å²) in [5.41, 5.74) is 5.94. The normalized spacial score (nSPS) is 12.5. The SMILES string of the molecule is CCN(CC)CCOc1cc2c(c3ccc(C)cc13)-c1ccc(C)cc1C2=O. The molecule has 3 aromatic rings. The summed E-state index contributed by atoms with van der Waals surface area (Å²) < 4.78 is 6.21. The Morgan fingerprint density at radius 3 is 2.29 bits per heavy atom. The Labute approximate surface area is 166 Å². The average Bonchev–Trinajstić information content (AvgIpc) is 2.97. The molecular weight excluding hydrogens is 346 g/mol. The predicted octanol–water partition coefficient (Wildman–Crippen LogP) is 5.39. The van der Waals surface area contributed by atoms with Crippen LogP contribution in [0.15, 0.2) is 42.5 Å². The van der Waals surface area contributed by atoms with E-state index in [0.717, 1.165) is 64.0 Å². The van der Waals surface area contributed by atoms with Gasteiger partial charge in [0.15, 0.2) is 5.78 Å². The number of ether oxygens (including phenoxy) is 1. The van der Waals surface area contributed by atoms with Crippen molar-refractivity contribution in [2.24, 2.45) is 0 Å². The Bertz CT molecular complexity index is 1060. The Hall–Kier alpha value is -2.65. The molecular formula is C25H27NO2. The van der Waals surface area contributed by atoms with Crippen molar-refractivity contribution in [3.63, 3.8) is 0 Å². The van der Waals surface area contributed by atoms with E-state index in [2.05, 4.69) is 56.0 Å². The van der Waals surface area contributed by atoms with E-state index in [9.17, 15) is 4.79 Å². The first kappa shape index (κ1) is 18.7. The Kier molecular flexibility index (Phi) is 4.94. The molecule has 0 bridgehead atoms. The van der Waals surface area contributed by atoms with E-state index in [-0.39, 0.29) is 5.78 Å². The summed E-state index contributed by atoms with van der Waals surface area (Å²) in [6.07, 6.45) is 0. The maximum Gasteiger partial charge on any atom is 0.194 e. The van der Waals surface area contributed by atoms with Crippen LogP contribution in [0, 0.1) is 13.8 Å². The highest BCUT2D eigenvalue weighted by Crippen LogP contribution is 2.45. The van der Waals surface area contributed by atoms with Crippen LogP contribution in [0.25, 0.3) is 21.9 Å². The number of ketones is 1. The van der Waals surface area contributed by atoms with E-state index in [1.54, 1.807) is 0 Å². The van der Waals surface area contributed by atoms with Crippen LogP contribution < -0.4 is 4.74 Å². The highest BCUT2D eigenvalue weighted by atomic mass is 16.5. The molecule has 144 valence electrons. The van der Waals surface area contributed by atoms with Gasteiger partial charge in [-0.3, -0.25) is 4.79 Å². The second-order valence-corrected chi connectivity index (χ2v) is 7.60. The van der Waals surface area contributed by atoms with Crippen LogP contribution in [-0.2, 0) is 0 Å². The van der Waals surface area contributed by atoms with Crippen molar-refractivity contribution < 1.29 is 9.53 Å². The molecule has 0 saturated heterocycles. The fraction of sp³-hybridized carbons (Fsp3) is 0.320. The predicted molar refractivity (Wildman–Crippen MR) is 116 cm³/mol. The minimum Gasteiger partial charge on any atom is -0.492 e. The van der Waals surface area contributed by atoms with Crippen LogP contribution in [0.4, 0.5) is 0 Å². The molecule has 0 radical (unpaired) electrons. The molecule has 0 unspecified atom stereocenters. The fourth-order valence-corrected chi connectivity index (χ4v) is 4.13. The third kappa shape index (κ3) is 3.10. The van der Waals surface area contributed by atoms with Gasteiger partial charge in [0.1, 0.15) is 12.4 Å². The smallest absolute Gasteiger partial charge is 0.194 e. The van der Waals surface area contributed by atoms with E-state index in [4.69, 9.17) is 4.74 Å². The number of benzene rings is 3. The molecule has 28 heavy (non-hydrogen) atoms. The lowest BCUT2D eigenvalue weighted by Gasteiger charge is -2.19. The third-order valence-electron chi connectivity index (χ3n) is 5.75. The van der Waals surface area contributed by atoms with Gasteiger partial charge in [-0.15, -0.1) is 0 Å². The van der Waals surface area contributed by atoms with Crippen LogP contribution in [0.5, 0.6) is 5.75 Å². The first-order chi connectivity index (χ1) is 13.5. The maximum atomic E-state index is 13.1. The van der Waals surface area contributed by atoms with Crippen LogP contribution in [0.3, 0.4) is 0 Å². The number of aryl methyl sites for hydroxylation is 2. The Balaban J connectivity index is 1.82. The zero-order valence-electron chi connectivity index (χ0n) is 17.1. The number of rotatable bonds is 6. The number of carbonyl (C=O) groups excluding carboxylic acids is 1. The molecule has 0 heterocycles. The van der Waals surface area contributed by atoms with Gasteiger partial charge >= 0.3 is 0 Å². The summed E-state index contributed by atoms with van der Waals surface area (Å²) >= 11 is 0. The summed E-state index contributed by atoms with van der Waals surface area (Å²) in [6, 6.07) is 14.5. The quantitative estimate of drug-likeness (QED) is 0.454. The highest BCUT2D eigenvalue weighted by molar-refractivity contribution is 6.26. The van der Waals surface area contributed by atoms with E-state index in [1.165, 1.54) is 5.56 Å². The molecule has 3 aromatic carbocycles. The van der Waals surface area contributed by atoms with Crippen molar-refractivity contribution in [1.29, 1.82) is 0 Å². The molecule has 0 spiro atoms. The van der Waals surface area contributed by atoms with E-state index < -0.39 is 0 Å². The Morgan fingerprint density at radius 1 is 0.821 bits per heavy atom. The van der Waals surface area contributed by atoms with Crippen molar-refractivity contribution in [2.75, 3.05) is 26.2 Å². The van der Waals surface area contributed by atoms with Crippen LogP contribution in [0.2, 0.25) is 0 Å². The van der Waals surface area contributed by atoms with Crippen molar-refractivity contribution in [1.82, 2.24) is 4.90 Å². The summed E-state index contributed by atoms with van der Waals surface area (Å²) in [7, 11) is 0. The molecule has 4 rings (SSSR count). The average molecular weight is 373 g/mol. The number of fused-ring (bicyclic) bond motifs is 5. The van der Waals surface area contributed by atoms with Crippen LogP contribution >= 0.6 is 0 Å². The lowest BCUT2D eigenvalue weighted by molar-refractivity contribution is 0.104. The summed E-state index contributed by atoms with van der Waals surface area (Å²) in [6.45, 7) is 12.0. The number of hydrogen-bond donors (Lipinski definition) is 0. The minimum absolute atomic E-state index is 0.102. The standard InChI is InChI=1S/C25H27NO2/c1-5-26(6-2)11-12-28-23-15-22-24(18-9-7-16(3)13-20(18)23)19-10-8-17(4)14-21(19)25(22)27/h7-10,13-15H,5-6,11-12H2,1-4H3. The second kappa shape index (κ2) is 7.40. The first-order valence-corrected chi connectivity index (χ1v) is 10.1. The molecule has 0 aliphatic heterocycles. The number of hydrogen-bond acceptors (Lipinski definition) is 3. The van der Waals surface area contributed by atoms with Gasteiger partial charge in [0.05, 0.1) is 0 Å². The molecule has 0 N–H and O–H groups in total. The molecule has 1 aliphatic carbocycles. The minimum atomic E-state index is 0.102. The summed E-state index contributed by atoms with van der Waals surface area (Å²) in [5, 5.41) is 2.18. The lowest BCUT2D eigenvalue weighted by atomic mass is 9.95. The van der Waals surface area contributed by atoms with Crippen molar-refractivity contribution >= 4 is 16.6 Å². The number of carbonyl (C=O) groups is 1. The van der Waals surface area contributed by atoms with Gasteiger partial charge in [0, 0.05) is 28.6 Å². The van der Waals surface area contributed by atoms with Gasteiger partial charge in [0.2, 0.25) is 0 Å². The van der Waals surface area contributed by atoms with Gasteiger partial charge in [-0.05, 0) is 56.1 Å². The number of likely N-dealkylation sites (N-methyl/N-ethyl adjacent to an activating group) is 1. The van der Waals surface area contributed by atoms with Crippen LogP contribution in [0.1, 0.15) is 40.9 Å². The second-order valence-electron chi connectivity index (χ2n) is 7.60. The van der Waals surface area contributed by atoms with Crippen LogP contribution in [-0.4, -0.2) is 36.9 Å². The Morgan fingerprint density at radius 2 is 1.54 bits per heavy atom. The fourth-order valence-electron chi connectivity index (χ4n) is 4.13. The van der Waals surface area contributed by atoms with Gasteiger partial charge in [-0.2, -0.15) is 0 Å². The van der Waals surface area contributed by atoms with Crippen molar-refractivity contribution in [3.8, 4) is 16.9 Å². The largest absolute Gasteiger partial charge is 0.492 e. The molecule has 3 nitrogen and oxygen atoms in total. The number of nitrogens with zero attached hydrogens (tertiary/aromatic N) is 1. The summed E-state index contributed by atoms with van der Waals surface area (Å²) in [4.78, 5) is 15.5.